The summed E-state index contributed by atoms with van der Waals surface area (Å²) in [7, 11) is 3.00. The summed E-state index contributed by atoms with van der Waals surface area (Å²) < 4.78 is 4.81. The van der Waals surface area contributed by atoms with Gasteiger partial charge in [-0.2, -0.15) is 0 Å². The van der Waals surface area contributed by atoms with Crippen LogP contribution >= 0.6 is 0 Å². The van der Waals surface area contributed by atoms with Gasteiger partial charge in [-0.1, -0.05) is 26.0 Å². The Morgan fingerprint density at radius 3 is 2.29 bits per heavy atom. The number of methoxy groups -OCH3 is 1. The van der Waals surface area contributed by atoms with Gasteiger partial charge in [0.25, 0.3) is 5.91 Å². The van der Waals surface area contributed by atoms with Crippen LogP contribution in [0.2, 0.25) is 0 Å². The standard InChI is InChI=1S/C16H24N2O3/c1-11(2)9-14(16(20)21-4)18-10-12-5-7-13(8-6-12)15(19)17-3/h5-8,11,14,18H,9-10H2,1-4H3,(H,17,19). The van der Waals surface area contributed by atoms with Crippen LogP contribution in [0.4, 0.5) is 0 Å². The summed E-state index contributed by atoms with van der Waals surface area (Å²) in [6, 6.07) is 6.98. The molecule has 0 fully saturated rings. The van der Waals surface area contributed by atoms with E-state index in [-0.39, 0.29) is 17.9 Å². The Hall–Kier alpha value is -1.88. The molecule has 0 aliphatic heterocycles. The third kappa shape index (κ3) is 5.55. The molecule has 1 atom stereocenters. The van der Waals surface area contributed by atoms with Gasteiger partial charge in [0.05, 0.1) is 7.11 Å². The van der Waals surface area contributed by atoms with Crippen LogP contribution in [0.3, 0.4) is 0 Å². The number of esters is 1. The lowest BCUT2D eigenvalue weighted by molar-refractivity contribution is -0.143. The van der Waals surface area contributed by atoms with Gasteiger partial charge in [0.1, 0.15) is 6.04 Å². The number of hydrogen-bond acceptors (Lipinski definition) is 4. The largest absolute Gasteiger partial charge is 0.468 e. The van der Waals surface area contributed by atoms with Crippen molar-refractivity contribution in [1.82, 2.24) is 10.6 Å². The lowest BCUT2D eigenvalue weighted by Crippen LogP contribution is -2.38. The number of amides is 1. The summed E-state index contributed by atoms with van der Waals surface area (Å²) in [6.45, 7) is 4.69. The minimum atomic E-state index is -0.311. The van der Waals surface area contributed by atoms with Gasteiger partial charge in [-0.3, -0.25) is 9.59 Å². The zero-order valence-corrected chi connectivity index (χ0v) is 13.1. The van der Waals surface area contributed by atoms with Gasteiger partial charge in [-0.25, -0.2) is 0 Å². The number of rotatable bonds is 7. The van der Waals surface area contributed by atoms with E-state index in [9.17, 15) is 9.59 Å². The molecule has 21 heavy (non-hydrogen) atoms. The Balaban J connectivity index is 2.63. The Morgan fingerprint density at radius 1 is 1.19 bits per heavy atom. The molecule has 1 aromatic carbocycles. The van der Waals surface area contributed by atoms with Crippen LogP contribution in [0, 0.1) is 5.92 Å². The lowest BCUT2D eigenvalue weighted by atomic mass is 10.0. The van der Waals surface area contributed by atoms with E-state index in [2.05, 4.69) is 24.5 Å². The second-order valence-corrected chi connectivity index (χ2v) is 5.36. The maximum atomic E-state index is 11.7. The molecule has 0 aromatic heterocycles. The van der Waals surface area contributed by atoms with Crippen LogP contribution in [-0.4, -0.2) is 32.1 Å². The van der Waals surface area contributed by atoms with E-state index in [1.165, 1.54) is 7.11 Å². The number of ether oxygens (including phenoxy) is 1. The monoisotopic (exact) mass is 292 g/mol. The molecule has 0 heterocycles. The predicted molar refractivity (Wildman–Crippen MR) is 81.9 cm³/mol. The summed E-state index contributed by atoms with van der Waals surface area (Å²) in [5, 5.41) is 5.78. The van der Waals surface area contributed by atoms with Crippen LogP contribution in [-0.2, 0) is 16.1 Å². The molecule has 0 saturated heterocycles. The highest BCUT2D eigenvalue weighted by Crippen LogP contribution is 2.09. The highest BCUT2D eigenvalue weighted by atomic mass is 16.5. The highest BCUT2D eigenvalue weighted by molar-refractivity contribution is 5.93. The summed E-state index contributed by atoms with van der Waals surface area (Å²) in [6.07, 6.45) is 0.725. The normalized spacial score (nSPS) is 12.0. The molecule has 0 saturated carbocycles. The molecule has 1 aromatic rings. The van der Waals surface area contributed by atoms with Gasteiger partial charge in [0.15, 0.2) is 0 Å². The highest BCUT2D eigenvalue weighted by Gasteiger charge is 2.19. The minimum absolute atomic E-state index is 0.109. The first-order valence-electron chi connectivity index (χ1n) is 7.10. The predicted octanol–water partition coefficient (Wildman–Crippen LogP) is 1.72. The number of hydrogen-bond donors (Lipinski definition) is 2. The van der Waals surface area contributed by atoms with Crippen molar-refractivity contribution in [3.05, 3.63) is 35.4 Å². The van der Waals surface area contributed by atoms with E-state index in [1.807, 2.05) is 12.1 Å². The number of nitrogens with one attached hydrogen (secondary N) is 2. The van der Waals surface area contributed by atoms with Crippen LogP contribution in [0.1, 0.15) is 36.2 Å². The van der Waals surface area contributed by atoms with E-state index in [1.54, 1.807) is 19.2 Å². The quantitative estimate of drug-likeness (QED) is 0.751. The Morgan fingerprint density at radius 2 is 1.81 bits per heavy atom. The molecule has 0 spiro atoms. The molecule has 0 aliphatic carbocycles. The second-order valence-electron chi connectivity index (χ2n) is 5.36. The zero-order valence-electron chi connectivity index (χ0n) is 13.1. The first-order valence-corrected chi connectivity index (χ1v) is 7.10. The maximum Gasteiger partial charge on any atom is 0.322 e. The Bertz CT molecular complexity index is 469. The van der Waals surface area contributed by atoms with Crippen molar-refractivity contribution < 1.29 is 14.3 Å². The Labute approximate surface area is 126 Å². The van der Waals surface area contributed by atoms with Crippen LogP contribution in [0.15, 0.2) is 24.3 Å². The van der Waals surface area contributed by atoms with E-state index in [0.717, 1.165) is 12.0 Å². The Kier molecular flexibility index (Phi) is 6.88. The zero-order chi connectivity index (χ0) is 15.8. The summed E-state index contributed by atoms with van der Waals surface area (Å²) >= 11 is 0. The number of benzene rings is 1. The second kappa shape index (κ2) is 8.42. The summed E-state index contributed by atoms with van der Waals surface area (Å²) in [5.74, 6) is 0.0460. The number of carbonyl (C=O) groups is 2. The molecule has 5 heteroatoms. The van der Waals surface area contributed by atoms with Crippen molar-refractivity contribution >= 4 is 11.9 Å². The van der Waals surface area contributed by atoms with Crippen LogP contribution in [0.5, 0.6) is 0 Å². The third-order valence-corrected chi connectivity index (χ3v) is 3.19. The van der Waals surface area contributed by atoms with Gasteiger partial charge >= 0.3 is 5.97 Å². The smallest absolute Gasteiger partial charge is 0.322 e. The fourth-order valence-corrected chi connectivity index (χ4v) is 2.04. The first-order chi connectivity index (χ1) is 9.97. The van der Waals surface area contributed by atoms with Crippen LogP contribution < -0.4 is 10.6 Å². The third-order valence-electron chi connectivity index (χ3n) is 3.19. The molecule has 2 N–H and O–H groups in total. The molecular weight excluding hydrogens is 268 g/mol. The van der Waals surface area contributed by atoms with Gasteiger partial charge in [-0.15, -0.1) is 0 Å². The van der Waals surface area contributed by atoms with E-state index in [0.29, 0.717) is 18.0 Å². The maximum absolute atomic E-state index is 11.7. The minimum Gasteiger partial charge on any atom is -0.468 e. The fraction of sp³-hybridized carbons (Fsp3) is 0.500. The lowest BCUT2D eigenvalue weighted by Gasteiger charge is -2.18. The molecule has 0 aliphatic rings. The molecule has 0 radical (unpaired) electrons. The van der Waals surface area contributed by atoms with Gasteiger partial charge in [-0.05, 0) is 30.0 Å². The van der Waals surface area contributed by atoms with E-state index in [4.69, 9.17) is 4.74 Å². The van der Waals surface area contributed by atoms with Crippen molar-refractivity contribution in [3.63, 3.8) is 0 Å². The van der Waals surface area contributed by atoms with Crippen molar-refractivity contribution in [2.45, 2.75) is 32.9 Å². The van der Waals surface area contributed by atoms with Crippen molar-refractivity contribution in [2.75, 3.05) is 14.2 Å². The topological polar surface area (TPSA) is 67.4 Å². The molecule has 0 bridgehead atoms. The number of carbonyl (C=O) groups excluding carboxylic acids is 2. The van der Waals surface area contributed by atoms with Gasteiger partial charge in [0, 0.05) is 19.2 Å². The van der Waals surface area contributed by atoms with E-state index < -0.39 is 0 Å². The average molecular weight is 292 g/mol. The molecule has 1 rings (SSSR count). The van der Waals surface area contributed by atoms with Gasteiger partial charge < -0.3 is 15.4 Å². The van der Waals surface area contributed by atoms with E-state index >= 15 is 0 Å². The van der Waals surface area contributed by atoms with Crippen LogP contribution in [0.25, 0.3) is 0 Å². The first kappa shape index (κ1) is 17.2. The molecule has 1 unspecified atom stereocenters. The molecular formula is C16H24N2O3. The molecule has 116 valence electrons. The fourth-order valence-electron chi connectivity index (χ4n) is 2.04. The molecule has 5 nitrogen and oxygen atoms in total. The average Bonchev–Trinajstić information content (AvgIpc) is 2.50. The van der Waals surface area contributed by atoms with Crippen molar-refractivity contribution in [2.24, 2.45) is 5.92 Å². The summed E-state index contributed by atoms with van der Waals surface area (Å²) in [5.41, 5.74) is 1.63. The van der Waals surface area contributed by atoms with Crippen molar-refractivity contribution in [1.29, 1.82) is 0 Å². The van der Waals surface area contributed by atoms with Gasteiger partial charge in [0.2, 0.25) is 0 Å². The summed E-state index contributed by atoms with van der Waals surface area (Å²) in [4.78, 5) is 23.2. The SMILES string of the molecule is CNC(=O)c1ccc(CNC(CC(C)C)C(=O)OC)cc1. The molecule has 1 amide bonds. The van der Waals surface area contributed by atoms with Crippen molar-refractivity contribution in [3.8, 4) is 0 Å².